The molecule has 0 radical (unpaired) electrons. The largest absolute Gasteiger partial charge is 0.481 e. The number of aliphatic carboxylic acids is 1. The van der Waals surface area contributed by atoms with Crippen LogP contribution in [0.4, 0.5) is 0 Å². The number of hydrogen-bond donors (Lipinski definition) is 1. The highest BCUT2D eigenvalue weighted by Gasteiger charge is 2.30. The van der Waals surface area contributed by atoms with Gasteiger partial charge in [0.15, 0.2) is 0 Å². The molecule has 2 unspecified atom stereocenters. The normalized spacial score (nSPS) is 24.9. The summed E-state index contributed by atoms with van der Waals surface area (Å²) in [4.78, 5) is 22.9. The summed E-state index contributed by atoms with van der Waals surface area (Å²) in [5.74, 6) is -0.768. The molecule has 2 aliphatic rings. The van der Waals surface area contributed by atoms with Crippen LogP contribution >= 0.6 is 11.6 Å². The minimum absolute atomic E-state index is 0.0993. The van der Waals surface area contributed by atoms with Crippen LogP contribution in [-0.4, -0.2) is 16.9 Å². The summed E-state index contributed by atoms with van der Waals surface area (Å²) >= 11 is 6.30. The molecule has 3 rings (SSSR count). The Morgan fingerprint density at radius 2 is 2.10 bits per heavy atom. The number of benzene rings is 1. The quantitative estimate of drug-likeness (QED) is 0.929. The highest BCUT2D eigenvalue weighted by Crippen LogP contribution is 2.38. The smallest absolute Gasteiger partial charge is 0.310 e. The van der Waals surface area contributed by atoms with Crippen molar-refractivity contribution in [1.29, 1.82) is 0 Å². The molecule has 4 heteroatoms. The van der Waals surface area contributed by atoms with Crippen LogP contribution in [0, 0.1) is 5.92 Å². The van der Waals surface area contributed by atoms with Crippen molar-refractivity contribution in [3.8, 4) is 0 Å². The molecule has 1 saturated carbocycles. The summed E-state index contributed by atoms with van der Waals surface area (Å²) in [5, 5.41) is 9.80. The van der Waals surface area contributed by atoms with Gasteiger partial charge < -0.3 is 5.11 Å². The van der Waals surface area contributed by atoms with E-state index in [1.54, 1.807) is 6.07 Å². The second-order valence-corrected chi connectivity index (χ2v) is 6.24. The lowest BCUT2D eigenvalue weighted by Crippen LogP contribution is -2.11. The van der Waals surface area contributed by atoms with Gasteiger partial charge in [0.1, 0.15) is 5.78 Å². The van der Waals surface area contributed by atoms with Crippen LogP contribution in [0.1, 0.15) is 48.3 Å². The van der Waals surface area contributed by atoms with E-state index in [9.17, 15) is 14.7 Å². The predicted molar refractivity (Wildman–Crippen MR) is 76.2 cm³/mol. The highest BCUT2D eigenvalue weighted by atomic mass is 35.5. The molecule has 1 aromatic carbocycles. The zero-order valence-electron chi connectivity index (χ0n) is 11.2. The van der Waals surface area contributed by atoms with Gasteiger partial charge in [-0.15, -0.1) is 0 Å². The second kappa shape index (κ2) is 5.21. The number of carbonyl (C=O) groups excluding carboxylic acids is 1. The number of hydrogen-bond acceptors (Lipinski definition) is 2. The molecule has 0 aromatic heterocycles. The van der Waals surface area contributed by atoms with Gasteiger partial charge in [0.2, 0.25) is 0 Å². The standard InChI is InChI=1S/C16H17ClO3/c17-14-8-13-9(4-5-12(13)16(19)20)6-11(14)7-10-2-1-3-15(10)18/h6,8,10,12H,1-5,7H2,(H,19,20). The minimum atomic E-state index is -0.779. The Bertz CT molecular complexity index is 579. The van der Waals surface area contributed by atoms with Crippen molar-refractivity contribution >= 4 is 23.4 Å². The first-order valence-electron chi connectivity index (χ1n) is 7.13. The first-order chi connectivity index (χ1) is 9.56. The van der Waals surface area contributed by atoms with E-state index in [1.807, 2.05) is 6.07 Å². The Balaban J connectivity index is 1.87. The third kappa shape index (κ3) is 2.35. The first-order valence-corrected chi connectivity index (χ1v) is 7.50. The summed E-state index contributed by atoms with van der Waals surface area (Å²) in [5.41, 5.74) is 2.93. The van der Waals surface area contributed by atoms with Crippen LogP contribution in [0.2, 0.25) is 5.02 Å². The molecule has 0 amide bonds. The lowest BCUT2D eigenvalue weighted by Gasteiger charge is -2.13. The van der Waals surface area contributed by atoms with E-state index in [0.29, 0.717) is 30.1 Å². The van der Waals surface area contributed by atoms with Crippen molar-refractivity contribution in [3.05, 3.63) is 33.8 Å². The number of halogens is 1. The van der Waals surface area contributed by atoms with Gasteiger partial charge in [0, 0.05) is 17.4 Å². The van der Waals surface area contributed by atoms with Crippen molar-refractivity contribution in [2.45, 2.75) is 44.4 Å². The molecule has 2 atom stereocenters. The monoisotopic (exact) mass is 292 g/mol. The number of carboxylic acid groups (broad SMARTS) is 1. The van der Waals surface area contributed by atoms with Crippen molar-refractivity contribution in [2.24, 2.45) is 5.92 Å². The van der Waals surface area contributed by atoms with Gasteiger partial charge in [0.25, 0.3) is 0 Å². The summed E-state index contributed by atoms with van der Waals surface area (Å²) in [7, 11) is 0. The van der Waals surface area contributed by atoms with Crippen LogP contribution in [0.15, 0.2) is 12.1 Å². The molecule has 0 spiro atoms. The topological polar surface area (TPSA) is 54.4 Å². The number of carbonyl (C=O) groups is 2. The summed E-state index contributed by atoms with van der Waals surface area (Å²) in [6, 6.07) is 3.82. The van der Waals surface area contributed by atoms with Crippen LogP contribution in [0.5, 0.6) is 0 Å². The van der Waals surface area contributed by atoms with Gasteiger partial charge in [-0.05, 0) is 54.9 Å². The molecule has 0 aliphatic heterocycles. The van der Waals surface area contributed by atoms with Crippen molar-refractivity contribution in [1.82, 2.24) is 0 Å². The molecule has 106 valence electrons. The van der Waals surface area contributed by atoms with Crippen molar-refractivity contribution in [2.75, 3.05) is 0 Å². The van der Waals surface area contributed by atoms with E-state index < -0.39 is 11.9 Å². The highest BCUT2D eigenvalue weighted by molar-refractivity contribution is 6.31. The fourth-order valence-electron chi connectivity index (χ4n) is 3.46. The Morgan fingerprint density at radius 1 is 1.30 bits per heavy atom. The molecule has 20 heavy (non-hydrogen) atoms. The Hall–Kier alpha value is -1.35. The second-order valence-electron chi connectivity index (χ2n) is 5.83. The zero-order chi connectivity index (χ0) is 14.3. The lowest BCUT2D eigenvalue weighted by molar-refractivity contribution is -0.138. The van der Waals surface area contributed by atoms with Crippen molar-refractivity contribution < 1.29 is 14.7 Å². The molecule has 0 saturated heterocycles. The molecule has 0 heterocycles. The Morgan fingerprint density at radius 3 is 2.75 bits per heavy atom. The lowest BCUT2D eigenvalue weighted by atomic mass is 9.93. The number of rotatable bonds is 3. The molecule has 2 aliphatic carbocycles. The van der Waals surface area contributed by atoms with Gasteiger partial charge in [-0.3, -0.25) is 9.59 Å². The molecule has 1 fully saturated rings. The van der Waals surface area contributed by atoms with Crippen LogP contribution < -0.4 is 0 Å². The summed E-state index contributed by atoms with van der Waals surface area (Å²) < 4.78 is 0. The van der Waals surface area contributed by atoms with Gasteiger partial charge in [-0.25, -0.2) is 0 Å². The maximum atomic E-state index is 11.7. The third-order valence-electron chi connectivity index (χ3n) is 4.58. The van der Waals surface area contributed by atoms with Crippen LogP contribution in [0.3, 0.4) is 0 Å². The zero-order valence-corrected chi connectivity index (χ0v) is 11.9. The van der Waals surface area contributed by atoms with E-state index in [1.165, 1.54) is 0 Å². The van der Waals surface area contributed by atoms with Crippen LogP contribution in [-0.2, 0) is 22.4 Å². The number of aryl methyl sites for hydroxylation is 1. The first kappa shape index (κ1) is 13.6. The maximum Gasteiger partial charge on any atom is 0.310 e. The van der Waals surface area contributed by atoms with Gasteiger partial charge >= 0.3 is 5.97 Å². The average Bonchev–Trinajstić information content (AvgIpc) is 2.97. The van der Waals surface area contributed by atoms with Gasteiger partial charge in [-0.1, -0.05) is 17.7 Å². The van der Waals surface area contributed by atoms with Crippen molar-refractivity contribution in [3.63, 3.8) is 0 Å². The predicted octanol–water partition coefficient (Wildman–Crippen LogP) is 3.37. The fraction of sp³-hybridized carbons (Fsp3) is 0.500. The van der Waals surface area contributed by atoms with E-state index in [2.05, 4.69) is 0 Å². The van der Waals surface area contributed by atoms with E-state index in [-0.39, 0.29) is 5.92 Å². The Labute approximate surface area is 122 Å². The molecule has 3 nitrogen and oxygen atoms in total. The number of Topliss-reactive ketones (excluding diaryl/α,β-unsaturated/α-hetero) is 1. The van der Waals surface area contributed by atoms with E-state index in [4.69, 9.17) is 11.6 Å². The SMILES string of the molecule is O=C1CCCC1Cc1cc2c(cc1Cl)C(C(=O)O)CC2. The fourth-order valence-corrected chi connectivity index (χ4v) is 3.71. The van der Waals surface area contributed by atoms with E-state index in [0.717, 1.165) is 36.0 Å². The molecule has 0 bridgehead atoms. The number of carboxylic acids is 1. The average molecular weight is 293 g/mol. The molecular formula is C16H17ClO3. The molecule has 1 aromatic rings. The number of ketones is 1. The minimum Gasteiger partial charge on any atom is -0.481 e. The number of fused-ring (bicyclic) bond motifs is 1. The van der Waals surface area contributed by atoms with Crippen LogP contribution in [0.25, 0.3) is 0 Å². The molecule has 1 N–H and O–H groups in total. The Kier molecular flexibility index (Phi) is 3.55. The van der Waals surface area contributed by atoms with Gasteiger partial charge in [-0.2, -0.15) is 0 Å². The summed E-state index contributed by atoms with van der Waals surface area (Å²) in [6.45, 7) is 0. The third-order valence-corrected chi connectivity index (χ3v) is 4.93. The van der Waals surface area contributed by atoms with Gasteiger partial charge in [0.05, 0.1) is 5.92 Å². The summed E-state index contributed by atoms with van der Waals surface area (Å²) in [6.07, 6.45) is 4.75. The molecular weight excluding hydrogens is 276 g/mol. The maximum absolute atomic E-state index is 11.7. The van der Waals surface area contributed by atoms with E-state index >= 15 is 0 Å².